The zero-order chi connectivity index (χ0) is 13.3. The van der Waals surface area contributed by atoms with Crippen molar-refractivity contribution in [1.29, 1.82) is 0 Å². The molecule has 0 radical (unpaired) electrons. The molecular weight excluding hydrogens is 238 g/mol. The summed E-state index contributed by atoms with van der Waals surface area (Å²) in [5.41, 5.74) is 0. The predicted octanol–water partition coefficient (Wildman–Crippen LogP) is 2.44. The van der Waals surface area contributed by atoms with Crippen molar-refractivity contribution in [3.63, 3.8) is 0 Å². The Hall–Kier alpha value is -0.770. The molecule has 110 valence electrons. The highest BCUT2D eigenvalue weighted by Crippen LogP contribution is 2.20. The van der Waals surface area contributed by atoms with Crippen LogP contribution in [0.15, 0.2) is 4.99 Å². The van der Waals surface area contributed by atoms with Crippen molar-refractivity contribution in [3.05, 3.63) is 0 Å². The summed E-state index contributed by atoms with van der Waals surface area (Å²) in [4.78, 5) is 4.28. The molecule has 0 saturated heterocycles. The van der Waals surface area contributed by atoms with Gasteiger partial charge >= 0.3 is 0 Å². The second-order valence-electron chi connectivity index (χ2n) is 5.76. The largest absolute Gasteiger partial charge is 0.378 e. The van der Waals surface area contributed by atoms with E-state index in [-0.39, 0.29) is 0 Å². The first-order valence-corrected chi connectivity index (χ1v) is 7.97. The van der Waals surface area contributed by atoms with Gasteiger partial charge in [0.1, 0.15) is 0 Å². The van der Waals surface area contributed by atoms with Gasteiger partial charge in [-0.3, -0.25) is 4.99 Å². The van der Waals surface area contributed by atoms with Crippen LogP contribution in [0.1, 0.15) is 57.8 Å². The van der Waals surface area contributed by atoms with Crippen LogP contribution in [-0.2, 0) is 4.74 Å². The van der Waals surface area contributed by atoms with E-state index in [2.05, 4.69) is 15.6 Å². The number of hydrogen-bond acceptors (Lipinski definition) is 2. The molecule has 0 aromatic carbocycles. The molecular formula is C15H29N3O. The van der Waals surface area contributed by atoms with Crippen molar-refractivity contribution in [2.75, 3.05) is 20.2 Å². The van der Waals surface area contributed by atoms with Crippen LogP contribution in [0, 0.1) is 0 Å². The number of rotatable bonds is 6. The number of hydrogen-bond donors (Lipinski definition) is 2. The quantitative estimate of drug-likeness (QED) is 0.441. The number of nitrogens with one attached hydrogen (secondary N) is 2. The Bertz CT molecular complexity index is 269. The lowest BCUT2D eigenvalue weighted by atomic mass is 10.2. The van der Waals surface area contributed by atoms with Gasteiger partial charge in [-0.1, -0.05) is 25.7 Å². The average molecular weight is 267 g/mol. The molecule has 0 amide bonds. The second kappa shape index (κ2) is 8.41. The first-order chi connectivity index (χ1) is 9.38. The lowest BCUT2D eigenvalue weighted by Gasteiger charge is -2.17. The van der Waals surface area contributed by atoms with Gasteiger partial charge in [0, 0.05) is 26.2 Å². The van der Waals surface area contributed by atoms with E-state index in [4.69, 9.17) is 4.74 Å². The molecule has 4 heteroatoms. The first-order valence-electron chi connectivity index (χ1n) is 7.97. The molecule has 0 spiro atoms. The van der Waals surface area contributed by atoms with Crippen LogP contribution in [0.25, 0.3) is 0 Å². The van der Waals surface area contributed by atoms with E-state index in [1.54, 1.807) is 0 Å². The molecule has 0 aromatic rings. The summed E-state index contributed by atoms with van der Waals surface area (Å²) in [7, 11) is 1.85. The summed E-state index contributed by atoms with van der Waals surface area (Å²) in [6.45, 7) is 1.82. The maximum Gasteiger partial charge on any atom is 0.191 e. The third kappa shape index (κ3) is 5.39. The lowest BCUT2D eigenvalue weighted by molar-refractivity contribution is 0.0574. The van der Waals surface area contributed by atoms with Gasteiger partial charge in [0.25, 0.3) is 0 Å². The zero-order valence-corrected chi connectivity index (χ0v) is 12.3. The predicted molar refractivity (Wildman–Crippen MR) is 79.6 cm³/mol. The van der Waals surface area contributed by atoms with Crippen molar-refractivity contribution >= 4 is 5.96 Å². The highest BCUT2D eigenvalue weighted by molar-refractivity contribution is 5.79. The van der Waals surface area contributed by atoms with Gasteiger partial charge in [0.15, 0.2) is 5.96 Å². The summed E-state index contributed by atoms with van der Waals surface area (Å²) in [6.07, 6.45) is 12.1. The molecule has 2 aliphatic carbocycles. The van der Waals surface area contributed by atoms with Crippen molar-refractivity contribution in [2.45, 2.75) is 69.9 Å². The van der Waals surface area contributed by atoms with Gasteiger partial charge in [0.2, 0.25) is 0 Å². The molecule has 2 aliphatic rings. The number of nitrogens with zero attached hydrogens (tertiary/aromatic N) is 1. The van der Waals surface area contributed by atoms with Gasteiger partial charge in [-0.2, -0.15) is 0 Å². The smallest absolute Gasteiger partial charge is 0.191 e. The second-order valence-corrected chi connectivity index (χ2v) is 5.76. The van der Waals surface area contributed by atoms with Gasteiger partial charge < -0.3 is 15.4 Å². The summed E-state index contributed by atoms with van der Waals surface area (Å²) < 4.78 is 5.85. The fourth-order valence-corrected chi connectivity index (χ4v) is 3.04. The topological polar surface area (TPSA) is 45.7 Å². The van der Waals surface area contributed by atoms with Gasteiger partial charge in [-0.25, -0.2) is 0 Å². The zero-order valence-electron chi connectivity index (χ0n) is 12.3. The number of ether oxygens (including phenoxy) is 1. The highest BCUT2D eigenvalue weighted by Gasteiger charge is 2.16. The van der Waals surface area contributed by atoms with Gasteiger partial charge in [-0.05, 0) is 32.1 Å². The van der Waals surface area contributed by atoms with Crippen LogP contribution >= 0.6 is 0 Å². The Kier molecular flexibility index (Phi) is 6.48. The van der Waals surface area contributed by atoms with E-state index in [1.165, 1.54) is 51.4 Å². The van der Waals surface area contributed by atoms with Gasteiger partial charge in [0.05, 0.1) is 6.10 Å². The highest BCUT2D eigenvalue weighted by atomic mass is 16.5. The van der Waals surface area contributed by atoms with Crippen LogP contribution in [0.4, 0.5) is 0 Å². The molecule has 0 aromatic heterocycles. The molecule has 0 heterocycles. The van der Waals surface area contributed by atoms with Crippen LogP contribution < -0.4 is 10.6 Å². The first kappa shape index (κ1) is 14.6. The van der Waals surface area contributed by atoms with Crippen LogP contribution in [0.5, 0.6) is 0 Å². The van der Waals surface area contributed by atoms with E-state index in [1.807, 2.05) is 7.05 Å². The minimum Gasteiger partial charge on any atom is -0.378 e. The summed E-state index contributed by atoms with van der Waals surface area (Å²) >= 11 is 0. The van der Waals surface area contributed by atoms with Crippen molar-refractivity contribution in [3.8, 4) is 0 Å². The number of aliphatic imine (C=N–C) groups is 1. The van der Waals surface area contributed by atoms with E-state index in [0.29, 0.717) is 12.1 Å². The van der Waals surface area contributed by atoms with Crippen molar-refractivity contribution < 1.29 is 4.74 Å². The van der Waals surface area contributed by atoms with Gasteiger partial charge in [-0.15, -0.1) is 0 Å². The SMILES string of the molecule is CN=C(NCCCOC1CCCC1)NC1CCCC1. The Morgan fingerprint density at radius 3 is 2.47 bits per heavy atom. The third-order valence-corrected chi connectivity index (χ3v) is 4.19. The minimum absolute atomic E-state index is 0.538. The standard InChI is InChI=1S/C15H29N3O/c1-16-15(18-13-7-2-3-8-13)17-11-6-12-19-14-9-4-5-10-14/h13-14H,2-12H2,1H3,(H2,16,17,18). The number of guanidine groups is 1. The molecule has 4 nitrogen and oxygen atoms in total. The monoisotopic (exact) mass is 267 g/mol. The normalized spacial score (nSPS) is 22.1. The fraction of sp³-hybridized carbons (Fsp3) is 0.933. The molecule has 0 atom stereocenters. The Balaban J connectivity index is 1.50. The van der Waals surface area contributed by atoms with Crippen LogP contribution in [0.3, 0.4) is 0 Å². The molecule has 2 saturated carbocycles. The molecule has 2 N–H and O–H groups in total. The summed E-state index contributed by atoms with van der Waals surface area (Å²) in [5.74, 6) is 0.952. The average Bonchev–Trinajstić information content (AvgIpc) is 3.10. The van der Waals surface area contributed by atoms with Crippen LogP contribution in [0.2, 0.25) is 0 Å². The molecule has 0 aliphatic heterocycles. The van der Waals surface area contributed by atoms with Crippen molar-refractivity contribution in [1.82, 2.24) is 10.6 Å². The Labute approximate surface area is 117 Å². The van der Waals surface area contributed by atoms with Crippen molar-refractivity contribution in [2.24, 2.45) is 4.99 Å². The molecule has 0 bridgehead atoms. The minimum atomic E-state index is 0.538. The summed E-state index contributed by atoms with van der Waals surface area (Å²) in [6, 6.07) is 0.626. The van der Waals surface area contributed by atoms with E-state index in [9.17, 15) is 0 Å². The van der Waals surface area contributed by atoms with Crippen LogP contribution in [-0.4, -0.2) is 38.3 Å². The Morgan fingerprint density at radius 1 is 1.11 bits per heavy atom. The van der Waals surface area contributed by atoms with E-state index >= 15 is 0 Å². The summed E-state index contributed by atoms with van der Waals surface area (Å²) in [5, 5.41) is 6.88. The molecule has 0 unspecified atom stereocenters. The lowest BCUT2D eigenvalue weighted by Crippen LogP contribution is -2.42. The molecule has 2 rings (SSSR count). The molecule has 19 heavy (non-hydrogen) atoms. The Morgan fingerprint density at radius 2 is 1.79 bits per heavy atom. The fourth-order valence-electron chi connectivity index (χ4n) is 3.04. The maximum absolute atomic E-state index is 5.85. The maximum atomic E-state index is 5.85. The van der Waals surface area contributed by atoms with E-state index in [0.717, 1.165) is 25.5 Å². The van der Waals surface area contributed by atoms with E-state index < -0.39 is 0 Å². The molecule has 2 fully saturated rings. The third-order valence-electron chi connectivity index (χ3n) is 4.19.